The van der Waals surface area contributed by atoms with Crippen LogP contribution in [0.3, 0.4) is 0 Å². The second kappa shape index (κ2) is 6.59. The Kier molecular flexibility index (Phi) is 5.09. The molecule has 0 bridgehead atoms. The summed E-state index contributed by atoms with van der Waals surface area (Å²) in [4.78, 5) is 11.7. The van der Waals surface area contributed by atoms with E-state index in [0.29, 0.717) is 12.1 Å². The van der Waals surface area contributed by atoms with Crippen molar-refractivity contribution in [1.82, 2.24) is 5.32 Å². The first-order valence-electron chi connectivity index (χ1n) is 5.66. The van der Waals surface area contributed by atoms with E-state index in [1.807, 2.05) is 6.92 Å². The molecule has 0 aliphatic rings. The normalized spacial score (nSPS) is 9.65. The number of rotatable bonds is 5. The van der Waals surface area contributed by atoms with E-state index in [0.717, 1.165) is 24.8 Å². The average Bonchev–Trinajstić information content (AvgIpc) is 2.32. The highest BCUT2D eigenvalue weighted by molar-refractivity contribution is 5.96. The Labute approximate surface area is 102 Å². The van der Waals surface area contributed by atoms with Crippen molar-refractivity contribution < 1.29 is 9.90 Å². The summed E-state index contributed by atoms with van der Waals surface area (Å²) in [5.41, 5.74) is 1.27. The Morgan fingerprint density at radius 1 is 1.47 bits per heavy atom. The molecular formula is C14H17NO2. The highest BCUT2D eigenvalue weighted by Gasteiger charge is 2.09. The third-order valence-corrected chi connectivity index (χ3v) is 2.43. The number of nitrogens with one attached hydrogen (secondary N) is 1. The molecule has 17 heavy (non-hydrogen) atoms. The van der Waals surface area contributed by atoms with Crippen LogP contribution in [0.2, 0.25) is 0 Å². The van der Waals surface area contributed by atoms with Crippen LogP contribution in [0.4, 0.5) is 0 Å². The van der Waals surface area contributed by atoms with E-state index in [9.17, 15) is 9.90 Å². The number of aryl methyl sites for hydroxylation is 1. The fourth-order valence-corrected chi connectivity index (χ4v) is 1.48. The molecular weight excluding hydrogens is 214 g/mol. The maximum Gasteiger partial charge on any atom is 0.255 e. The molecule has 0 aliphatic heterocycles. The summed E-state index contributed by atoms with van der Waals surface area (Å²) < 4.78 is 0. The van der Waals surface area contributed by atoms with Crippen LogP contribution in [0.5, 0.6) is 5.75 Å². The number of amides is 1. The van der Waals surface area contributed by atoms with Gasteiger partial charge in [-0.3, -0.25) is 4.79 Å². The summed E-state index contributed by atoms with van der Waals surface area (Å²) in [5, 5.41) is 12.3. The molecule has 0 atom stereocenters. The van der Waals surface area contributed by atoms with E-state index in [1.165, 1.54) is 6.07 Å². The minimum atomic E-state index is -0.244. The van der Waals surface area contributed by atoms with Crippen LogP contribution >= 0.6 is 0 Å². The molecule has 1 aromatic carbocycles. The number of benzene rings is 1. The molecule has 0 spiro atoms. The van der Waals surface area contributed by atoms with E-state index in [4.69, 9.17) is 6.42 Å². The van der Waals surface area contributed by atoms with E-state index < -0.39 is 0 Å². The zero-order valence-corrected chi connectivity index (χ0v) is 9.99. The van der Waals surface area contributed by atoms with Crippen LogP contribution in [0.25, 0.3) is 0 Å². The molecule has 2 N–H and O–H groups in total. The van der Waals surface area contributed by atoms with Gasteiger partial charge in [0.25, 0.3) is 5.91 Å². The lowest BCUT2D eigenvalue weighted by Crippen LogP contribution is -2.24. The van der Waals surface area contributed by atoms with E-state index in [-0.39, 0.29) is 11.7 Å². The monoisotopic (exact) mass is 231 g/mol. The highest BCUT2D eigenvalue weighted by Crippen LogP contribution is 2.17. The summed E-state index contributed by atoms with van der Waals surface area (Å²) in [6, 6.07) is 4.97. The summed E-state index contributed by atoms with van der Waals surface area (Å²) in [5.74, 6) is 2.32. The van der Waals surface area contributed by atoms with Gasteiger partial charge in [0.15, 0.2) is 0 Å². The molecule has 0 fully saturated rings. The van der Waals surface area contributed by atoms with Gasteiger partial charge in [0.1, 0.15) is 5.75 Å². The fraction of sp³-hybridized carbons (Fsp3) is 0.357. The predicted octanol–water partition coefficient (Wildman–Crippen LogP) is 2.23. The van der Waals surface area contributed by atoms with E-state index in [2.05, 4.69) is 11.2 Å². The Bertz CT molecular complexity index is 432. The summed E-state index contributed by atoms with van der Waals surface area (Å²) in [6.07, 6.45) is 7.60. The zero-order chi connectivity index (χ0) is 12.7. The molecule has 0 heterocycles. The molecule has 0 aromatic heterocycles. The molecule has 90 valence electrons. The van der Waals surface area contributed by atoms with Crippen LogP contribution in [-0.4, -0.2) is 17.6 Å². The van der Waals surface area contributed by atoms with Crippen LogP contribution < -0.4 is 5.32 Å². The summed E-state index contributed by atoms with van der Waals surface area (Å²) in [7, 11) is 0. The van der Waals surface area contributed by atoms with Crippen molar-refractivity contribution in [2.75, 3.05) is 6.54 Å². The topological polar surface area (TPSA) is 49.3 Å². The number of phenolic OH excluding ortho intramolecular Hbond substituents is 1. The number of phenols is 1. The van der Waals surface area contributed by atoms with Crippen molar-refractivity contribution in [3.8, 4) is 18.1 Å². The maximum atomic E-state index is 11.7. The van der Waals surface area contributed by atoms with Crippen molar-refractivity contribution in [1.29, 1.82) is 0 Å². The highest BCUT2D eigenvalue weighted by atomic mass is 16.3. The lowest BCUT2D eigenvalue weighted by Gasteiger charge is -2.07. The Morgan fingerprint density at radius 2 is 2.24 bits per heavy atom. The number of hydrogen-bond donors (Lipinski definition) is 2. The van der Waals surface area contributed by atoms with Crippen LogP contribution in [-0.2, 0) is 0 Å². The molecule has 0 unspecified atom stereocenters. The van der Waals surface area contributed by atoms with Gasteiger partial charge in [-0.15, -0.1) is 12.3 Å². The van der Waals surface area contributed by atoms with Crippen LogP contribution in [0.1, 0.15) is 35.2 Å². The quantitative estimate of drug-likeness (QED) is 0.603. The number of carbonyl (C=O) groups is 1. The Morgan fingerprint density at radius 3 is 2.94 bits per heavy atom. The van der Waals surface area contributed by atoms with Gasteiger partial charge in [-0.1, -0.05) is 11.6 Å². The van der Waals surface area contributed by atoms with Crippen molar-refractivity contribution in [2.45, 2.75) is 26.2 Å². The second-order valence-corrected chi connectivity index (χ2v) is 3.94. The maximum absolute atomic E-state index is 11.7. The zero-order valence-electron chi connectivity index (χ0n) is 9.99. The molecule has 1 amide bonds. The van der Waals surface area contributed by atoms with Crippen LogP contribution in [0.15, 0.2) is 18.2 Å². The molecule has 3 nitrogen and oxygen atoms in total. The Balaban J connectivity index is 2.47. The van der Waals surface area contributed by atoms with Gasteiger partial charge in [-0.25, -0.2) is 0 Å². The third-order valence-electron chi connectivity index (χ3n) is 2.43. The first-order valence-corrected chi connectivity index (χ1v) is 5.66. The van der Waals surface area contributed by atoms with Gasteiger partial charge in [0.05, 0.1) is 5.56 Å². The first-order chi connectivity index (χ1) is 8.15. The summed E-state index contributed by atoms with van der Waals surface area (Å²) >= 11 is 0. The predicted molar refractivity (Wildman–Crippen MR) is 67.9 cm³/mol. The standard InChI is InChI=1S/C14H17NO2/c1-3-4-5-6-9-15-14(17)12-10-11(2)7-8-13(12)16/h1,7-8,10,16H,4-6,9H2,2H3,(H,15,17). The largest absolute Gasteiger partial charge is 0.507 e. The van der Waals surface area contributed by atoms with Gasteiger partial charge in [0, 0.05) is 13.0 Å². The number of unbranched alkanes of at least 4 members (excludes halogenated alkanes) is 2. The third kappa shape index (κ3) is 4.20. The lowest BCUT2D eigenvalue weighted by atomic mass is 10.1. The van der Waals surface area contributed by atoms with Gasteiger partial charge in [-0.2, -0.15) is 0 Å². The minimum absolute atomic E-state index is 0.0109. The minimum Gasteiger partial charge on any atom is -0.507 e. The van der Waals surface area contributed by atoms with Crippen molar-refractivity contribution >= 4 is 5.91 Å². The number of terminal acetylenes is 1. The van der Waals surface area contributed by atoms with Gasteiger partial charge in [-0.05, 0) is 31.9 Å². The average molecular weight is 231 g/mol. The van der Waals surface area contributed by atoms with Gasteiger partial charge in [0.2, 0.25) is 0 Å². The van der Waals surface area contributed by atoms with Crippen molar-refractivity contribution in [3.05, 3.63) is 29.3 Å². The molecule has 1 aromatic rings. The van der Waals surface area contributed by atoms with E-state index >= 15 is 0 Å². The first kappa shape index (κ1) is 13.1. The molecule has 0 aliphatic carbocycles. The molecule has 3 heteroatoms. The SMILES string of the molecule is C#CCCCCNC(=O)c1cc(C)ccc1O. The number of aromatic hydroxyl groups is 1. The number of carbonyl (C=O) groups excluding carboxylic acids is 1. The van der Waals surface area contributed by atoms with Gasteiger partial charge >= 0.3 is 0 Å². The van der Waals surface area contributed by atoms with E-state index in [1.54, 1.807) is 12.1 Å². The fourth-order valence-electron chi connectivity index (χ4n) is 1.48. The lowest BCUT2D eigenvalue weighted by molar-refractivity contribution is 0.0950. The molecule has 1 rings (SSSR count). The smallest absolute Gasteiger partial charge is 0.255 e. The molecule has 0 saturated carbocycles. The van der Waals surface area contributed by atoms with Crippen LogP contribution in [0, 0.1) is 19.3 Å². The second-order valence-electron chi connectivity index (χ2n) is 3.94. The summed E-state index contributed by atoms with van der Waals surface area (Å²) in [6.45, 7) is 2.46. The number of hydrogen-bond acceptors (Lipinski definition) is 2. The van der Waals surface area contributed by atoms with Crippen molar-refractivity contribution in [2.24, 2.45) is 0 Å². The Hall–Kier alpha value is -1.95. The van der Waals surface area contributed by atoms with Gasteiger partial charge < -0.3 is 10.4 Å². The molecule has 0 saturated heterocycles. The van der Waals surface area contributed by atoms with Crippen molar-refractivity contribution in [3.63, 3.8) is 0 Å². The molecule has 0 radical (unpaired) electrons.